The molecule has 0 aliphatic carbocycles. The van der Waals surface area contributed by atoms with Crippen LogP contribution in [0, 0.1) is 6.92 Å². The SMILES string of the molecule is C=C/C=c1/[nH]c(C)cc(=O)/c1=C/C. The second kappa shape index (κ2) is 3.90. The summed E-state index contributed by atoms with van der Waals surface area (Å²) in [6, 6.07) is 1.59. The maximum atomic E-state index is 11.5. The fourth-order valence-corrected chi connectivity index (χ4v) is 1.27. The number of allylic oxidation sites excluding steroid dienone is 1. The molecule has 0 bridgehead atoms. The number of hydrogen-bond donors (Lipinski definition) is 1. The first-order valence-corrected chi connectivity index (χ1v) is 4.18. The molecule has 0 saturated carbocycles. The van der Waals surface area contributed by atoms with Gasteiger partial charge in [0.15, 0.2) is 5.43 Å². The normalized spacial score (nSPS) is 13.4. The Morgan fingerprint density at radius 3 is 2.77 bits per heavy atom. The molecule has 0 unspecified atom stereocenters. The van der Waals surface area contributed by atoms with Crippen LogP contribution in [0.5, 0.6) is 0 Å². The number of H-pyrrole nitrogens is 1. The highest BCUT2D eigenvalue weighted by Crippen LogP contribution is 1.76. The molecule has 0 amide bonds. The van der Waals surface area contributed by atoms with Crippen LogP contribution in [0.3, 0.4) is 0 Å². The van der Waals surface area contributed by atoms with Crippen molar-refractivity contribution in [3.63, 3.8) is 0 Å². The third-order valence-corrected chi connectivity index (χ3v) is 1.81. The fourth-order valence-electron chi connectivity index (χ4n) is 1.27. The molecular weight excluding hydrogens is 162 g/mol. The molecule has 1 rings (SSSR count). The molecule has 2 heteroatoms. The van der Waals surface area contributed by atoms with Crippen LogP contribution in [-0.4, -0.2) is 4.98 Å². The Bertz CT molecular complexity index is 480. The zero-order chi connectivity index (χ0) is 9.84. The number of aromatic amines is 1. The Morgan fingerprint density at radius 1 is 1.54 bits per heavy atom. The van der Waals surface area contributed by atoms with Gasteiger partial charge in [-0.15, -0.1) is 0 Å². The van der Waals surface area contributed by atoms with Gasteiger partial charge in [0.05, 0.1) is 0 Å². The Hall–Kier alpha value is -1.57. The monoisotopic (exact) mass is 175 g/mol. The molecule has 0 fully saturated rings. The second-order valence-corrected chi connectivity index (χ2v) is 2.83. The van der Waals surface area contributed by atoms with Gasteiger partial charge in [-0.1, -0.05) is 18.7 Å². The highest BCUT2D eigenvalue weighted by molar-refractivity contribution is 5.35. The van der Waals surface area contributed by atoms with E-state index < -0.39 is 0 Å². The van der Waals surface area contributed by atoms with Gasteiger partial charge >= 0.3 is 0 Å². The third-order valence-electron chi connectivity index (χ3n) is 1.81. The smallest absolute Gasteiger partial charge is 0.189 e. The Kier molecular flexibility index (Phi) is 2.85. The first kappa shape index (κ1) is 9.52. The van der Waals surface area contributed by atoms with Gasteiger partial charge in [0.25, 0.3) is 0 Å². The number of hydrogen-bond acceptors (Lipinski definition) is 1. The average molecular weight is 175 g/mol. The van der Waals surface area contributed by atoms with E-state index in [4.69, 9.17) is 0 Å². The first-order chi connectivity index (χ1) is 6.19. The fraction of sp³-hybridized carbons (Fsp3) is 0.182. The lowest BCUT2D eigenvalue weighted by Crippen LogP contribution is -2.40. The molecule has 0 atom stereocenters. The first-order valence-electron chi connectivity index (χ1n) is 4.18. The van der Waals surface area contributed by atoms with Gasteiger partial charge in [0, 0.05) is 22.3 Å². The van der Waals surface area contributed by atoms with Crippen molar-refractivity contribution in [1.82, 2.24) is 4.98 Å². The topological polar surface area (TPSA) is 32.9 Å². The number of aromatic nitrogens is 1. The number of nitrogens with one attached hydrogen (secondary N) is 1. The van der Waals surface area contributed by atoms with Crippen LogP contribution < -0.4 is 16.0 Å². The van der Waals surface area contributed by atoms with Gasteiger partial charge in [-0.3, -0.25) is 4.79 Å². The lowest BCUT2D eigenvalue weighted by Gasteiger charge is -1.93. The van der Waals surface area contributed by atoms with E-state index in [1.807, 2.05) is 13.8 Å². The molecule has 0 aromatic carbocycles. The summed E-state index contributed by atoms with van der Waals surface area (Å²) in [7, 11) is 0. The Balaban J connectivity index is 3.79. The molecule has 0 radical (unpaired) electrons. The van der Waals surface area contributed by atoms with E-state index in [9.17, 15) is 4.79 Å². The van der Waals surface area contributed by atoms with E-state index in [1.165, 1.54) is 0 Å². The van der Waals surface area contributed by atoms with Crippen molar-refractivity contribution >= 4 is 12.2 Å². The van der Waals surface area contributed by atoms with E-state index >= 15 is 0 Å². The van der Waals surface area contributed by atoms with Crippen molar-refractivity contribution in [2.45, 2.75) is 13.8 Å². The van der Waals surface area contributed by atoms with Crippen LogP contribution in [-0.2, 0) is 0 Å². The minimum Gasteiger partial charge on any atom is -0.358 e. The summed E-state index contributed by atoms with van der Waals surface area (Å²) < 4.78 is 0. The predicted molar refractivity (Wildman–Crippen MR) is 55.9 cm³/mol. The maximum absolute atomic E-state index is 11.5. The predicted octanol–water partition coefficient (Wildman–Crippen LogP) is 0.450. The van der Waals surface area contributed by atoms with Gasteiger partial charge in [-0.25, -0.2) is 0 Å². The number of aryl methyl sites for hydroxylation is 1. The standard InChI is InChI=1S/C11H13NO/c1-4-6-10-9(5-2)11(13)7-8(3)12-10/h4-7,12H,1H2,2-3H3/b9-5+,10-6+. The van der Waals surface area contributed by atoms with Crippen molar-refractivity contribution in [2.24, 2.45) is 0 Å². The average Bonchev–Trinajstić information content (AvgIpc) is 2.04. The Morgan fingerprint density at radius 2 is 2.23 bits per heavy atom. The minimum absolute atomic E-state index is 0.0480. The van der Waals surface area contributed by atoms with Crippen molar-refractivity contribution in [1.29, 1.82) is 0 Å². The molecule has 0 aliphatic rings. The van der Waals surface area contributed by atoms with Crippen LogP contribution in [0.15, 0.2) is 23.5 Å². The molecule has 1 aromatic heterocycles. The van der Waals surface area contributed by atoms with Gasteiger partial charge in [0.2, 0.25) is 0 Å². The maximum Gasteiger partial charge on any atom is 0.189 e. The van der Waals surface area contributed by atoms with Gasteiger partial charge < -0.3 is 4.98 Å². The summed E-state index contributed by atoms with van der Waals surface area (Å²) >= 11 is 0. The lowest BCUT2D eigenvalue weighted by atomic mass is 10.2. The van der Waals surface area contributed by atoms with Crippen molar-refractivity contribution in [3.05, 3.63) is 45.2 Å². The molecule has 1 aromatic rings. The molecule has 0 spiro atoms. The number of pyridine rings is 1. The second-order valence-electron chi connectivity index (χ2n) is 2.83. The lowest BCUT2D eigenvalue weighted by molar-refractivity contribution is 1.11. The summed E-state index contributed by atoms with van der Waals surface area (Å²) in [5, 5.41) is 1.52. The van der Waals surface area contributed by atoms with Crippen LogP contribution in [0.1, 0.15) is 12.6 Å². The summed E-state index contributed by atoms with van der Waals surface area (Å²) in [5.41, 5.74) is 0.913. The van der Waals surface area contributed by atoms with Gasteiger partial charge in [-0.05, 0) is 19.9 Å². The zero-order valence-corrected chi connectivity index (χ0v) is 7.92. The van der Waals surface area contributed by atoms with E-state index in [0.29, 0.717) is 5.22 Å². The van der Waals surface area contributed by atoms with Crippen LogP contribution in [0.2, 0.25) is 0 Å². The van der Waals surface area contributed by atoms with Crippen molar-refractivity contribution in [2.75, 3.05) is 0 Å². The van der Waals surface area contributed by atoms with Gasteiger partial charge in [-0.2, -0.15) is 0 Å². The van der Waals surface area contributed by atoms with E-state index in [2.05, 4.69) is 11.6 Å². The highest BCUT2D eigenvalue weighted by Gasteiger charge is 1.91. The summed E-state index contributed by atoms with van der Waals surface area (Å²) in [4.78, 5) is 14.6. The minimum atomic E-state index is 0.0480. The highest BCUT2D eigenvalue weighted by atomic mass is 16.1. The van der Waals surface area contributed by atoms with E-state index in [0.717, 1.165) is 11.0 Å². The van der Waals surface area contributed by atoms with Crippen LogP contribution >= 0.6 is 0 Å². The molecule has 68 valence electrons. The molecule has 0 saturated heterocycles. The van der Waals surface area contributed by atoms with Gasteiger partial charge in [0.1, 0.15) is 0 Å². The van der Waals surface area contributed by atoms with E-state index in [-0.39, 0.29) is 5.43 Å². The molecule has 2 nitrogen and oxygen atoms in total. The molecular formula is C11H13NO. The van der Waals surface area contributed by atoms with E-state index in [1.54, 1.807) is 24.3 Å². The Labute approximate surface area is 76.9 Å². The van der Waals surface area contributed by atoms with Crippen molar-refractivity contribution in [3.8, 4) is 0 Å². The van der Waals surface area contributed by atoms with Crippen LogP contribution in [0.4, 0.5) is 0 Å². The molecule has 1 N–H and O–H groups in total. The largest absolute Gasteiger partial charge is 0.358 e. The molecule has 0 aliphatic heterocycles. The summed E-state index contributed by atoms with van der Waals surface area (Å²) in [5.74, 6) is 0. The molecule has 1 heterocycles. The number of rotatable bonds is 1. The summed E-state index contributed by atoms with van der Waals surface area (Å²) in [6.45, 7) is 7.31. The van der Waals surface area contributed by atoms with Crippen molar-refractivity contribution < 1.29 is 0 Å². The zero-order valence-electron chi connectivity index (χ0n) is 7.92. The summed E-state index contributed by atoms with van der Waals surface area (Å²) in [6.07, 6.45) is 5.26. The van der Waals surface area contributed by atoms with Crippen LogP contribution in [0.25, 0.3) is 12.2 Å². The molecule has 13 heavy (non-hydrogen) atoms. The quantitative estimate of drug-likeness (QED) is 0.660. The third kappa shape index (κ3) is 1.96.